The second-order valence-corrected chi connectivity index (χ2v) is 9.79. The largest absolute Gasteiger partial charge is 0.361 e. The molecule has 4 rings (SSSR count). The molecule has 0 bridgehead atoms. The Kier molecular flexibility index (Phi) is 6.07. The molecule has 0 unspecified atom stereocenters. The van der Waals surface area contributed by atoms with Gasteiger partial charge in [0, 0.05) is 35.1 Å². The highest BCUT2D eigenvalue weighted by Crippen LogP contribution is 2.32. The fourth-order valence-electron chi connectivity index (χ4n) is 4.84. The zero-order valence-corrected chi connectivity index (χ0v) is 18.4. The third-order valence-corrected chi connectivity index (χ3v) is 7.16. The van der Waals surface area contributed by atoms with Crippen LogP contribution < -0.4 is 5.32 Å². The Morgan fingerprint density at radius 3 is 2.69 bits per heavy atom. The maximum absolute atomic E-state index is 13.1. The number of nitrogens with zero attached hydrogens (tertiary/aromatic N) is 1. The summed E-state index contributed by atoms with van der Waals surface area (Å²) in [5.41, 5.74) is 2.49. The number of amides is 1. The number of thiophene rings is 1. The van der Waals surface area contributed by atoms with Crippen LogP contribution in [0.4, 0.5) is 0 Å². The Balaban J connectivity index is 1.49. The van der Waals surface area contributed by atoms with Gasteiger partial charge in [-0.05, 0) is 48.3 Å². The number of aromatic amines is 1. The second-order valence-electron chi connectivity index (χ2n) is 8.81. The second kappa shape index (κ2) is 8.72. The average Bonchev–Trinajstić information content (AvgIpc) is 3.37. The van der Waals surface area contributed by atoms with E-state index in [-0.39, 0.29) is 17.9 Å². The third kappa shape index (κ3) is 4.41. The van der Waals surface area contributed by atoms with E-state index in [2.05, 4.69) is 83.9 Å². The zero-order valence-electron chi connectivity index (χ0n) is 17.6. The molecule has 1 aliphatic heterocycles. The first-order chi connectivity index (χ1) is 14.0. The van der Waals surface area contributed by atoms with Crippen molar-refractivity contribution in [2.45, 2.75) is 39.2 Å². The van der Waals surface area contributed by atoms with Crippen LogP contribution in [0.5, 0.6) is 0 Å². The van der Waals surface area contributed by atoms with E-state index in [0.717, 1.165) is 19.6 Å². The number of piperidine rings is 1. The van der Waals surface area contributed by atoms with Gasteiger partial charge in [-0.15, -0.1) is 11.3 Å². The normalized spacial score (nSPS) is 22.0. The molecule has 0 spiro atoms. The van der Waals surface area contributed by atoms with E-state index in [1.54, 1.807) is 11.3 Å². The van der Waals surface area contributed by atoms with Gasteiger partial charge in [-0.3, -0.25) is 4.79 Å². The molecule has 1 fully saturated rings. The summed E-state index contributed by atoms with van der Waals surface area (Å²) in [7, 11) is 0. The van der Waals surface area contributed by atoms with Crippen LogP contribution >= 0.6 is 11.3 Å². The van der Waals surface area contributed by atoms with E-state index in [9.17, 15) is 4.79 Å². The molecule has 4 atom stereocenters. The van der Waals surface area contributed by atoms with Gasteiger partial charge in [-0.1, -0.05) is 38.1 Å². The van der Waals surface area contributed by atoms with Crippen molar-refractivity contribution in [1.82, 2.24) is 9.88 Å². The number of para-hydroxylation sites is 1. The van der Waals surface area contributed by atoms with Gasteiger partial charge in [0.05, 0.1) is 12.5 Å². The topological polar surface area (TPSA) is 52.7 Å². The van der Waals surface area contributed by atoms with Crippen molar-refractivity contribution in [2.75, 3.05) is 19.6 Å². The van der Waals surface area contributed by atoms with E-state index >= 15 is 0 Å². The number of benzene rings is 1. The Morgan fingerprint density at radius 2 is 1.97 bits per heavy atom. The Bertz CT molecular complexity index is 938. The Labute approximate surface area is 177 Å². The predicted molar refractivity (Wildman–Crippen MR) is 120 cm³/mol. The first-order valence-corrected chi connectivity index (χ1v) is 11.6. The van der Waals surface area contributed by atoms with Crippen LogP contribution in [0, 0.1) is 11.8 Å². The van der Waals surface area contributed by atoms with Crippen LogP contribution in [-0.4, -0.2) is 41.5 Å². The molecule has 2 aromatic heterocycles. The van der Waals surface area contributed by atoms with Crippen LogP contribution in [0.15, 0.2) is 48.0 Å². The third-order valence-electron chi connectivity index (χ3n) is 6.18. The fraction of sp³-hybridized carbons (Fsp3) is 0.458. The molecule has 0 radical (unpaired) electrons. The average molecular weight is 411 g/mol. The lowest BCUT2D eigenvalue weighted by atomic mass is 9.91. The summed E-state index contributed by atoms with van der Waals surface area (Å²) in [6.07, 6.45) is 3.37. The Hall–Kier alpha value is -2.11. The van der Waals surface area contributed by atoms with E-state index in [4.69, 9.17) is 0 Å². The molecule has 0 saturated carbocycles. The van der Waals surface area contributed by atoms with Gasteiger partial charge in [-0.25, -0.2) is 0 Å². The summed E-state index contributed by atoms with van der Waals surface area (Å²) in [6.45, 7) is 9.25. The summed E-state index contributed by atoms with van der Waals surface area (Å²) >= 11 is 1.80. The van der Waals surface area contributed by atoms with Crippen molar-refractivity contribution in [2.24, 2.45) is 11.8 Å². The summed E-state index contributed by atoms with van der Waals surface area (Å²) < 4.78 is 0. The number of H-pyrrole nitrogens is 1. The highest BCUT2D eigenvalue weighted by molar-refractivity contribution is 7.10. The summed E-state index contributed by atoms with van der Waals surface area (Å²) in [5.74, 6) is 1.76. The minimum absolute atomic E-state index is 0.0554. The molecule has 29 heavy (non-hydrogen) atoms. The molecule has 1 aliphatic rings. The van der Waals surface area contributed by atoms with Gasteiger partial charge in [0.15, 0.2) is 6.04 Å². The van der Waals surface area contributed by atoms with Gasteiger partial charge in [0.1, 0.15) is 0 Å². The number of nitrogens with two attached hydrogens (primary N) is 1. The van der Waals surface area contributed by atoms with Crippen molar-refractivity contribution < 1.29 is 10.1 Å². The number of aromatic nitrogens is 1. The van der Waals surface area contributed by atoms with Crippen molar-refractivity contribution in [3.8, 4) is 0 Å². The van der Waals surface area contributed by atoms with Gasteiger partial charge in [0.2, 0.25) is 0 Å². The monoisotopic (exact) mass is 410 g/mol. The first-order valence-electron chi connectivity index (χ1n) is 10.7. The molecule has 3 aromatic rings. The molecule has 3 heterocycles. The minimum atomic E-state index is -0.0554. The fourth-order valence-corrected chi connectivity index (χ4v) is 5.70. The number of hydrogen-bond acceptors (Lipinski definition) is 2. The van der Waals surface area contributed by atoms with Crippen LogP contribution in [0.3, 0.4) is 0 Å². The molecule has 5 heteroatoms. The lowest BCUT2D eigenvalue weighted by molar-refractivity contribution is -0.675. The molecule has 0 aliphatic carbocycles. The van der Waals surface area contributed by atoms with E-state index in [1.807, 2.05) is 0 Å². The SMILES string of the molecule is C[C@H]1C[C@H](C)CN(C(=O)[C@@H](C)[NH2+]C[C@@H](c2cccs2)c2c[nH]c3ccccc23)C1. The molecule has 3 N–H and O–H groups in total. The molecule has 154 valence electrons. The summed E-state index contributed by atoms with van der Waals surface area (Å²) in [4.78, 5) is 19.9. The number of hydrogen-bond donors (Lipinski definition) is 2. The number of carbonyl (C=O) groups excluding carboxylic acids is 1. The zero-order chi connectivity index (χ0) is 20.4. The number of carbonyl (C=O) groups is 1. The minimum Gasteiger partial charge on any atom is -0.361 e. The molecule has 1 amide bonds. The van der Waals surface area contributed by atoms with Gasteiger partial charge >= 0.3 is 0 Å². The van der Waals surface area contributed by atoms with Crippen molar-refractivity contribution in [1.29, 1.82) is 0 Å². The van der Waals surface area contributed by atoms with E-state index in [1.165, 1.54) is 27.8 Å². The van der Waals surface area contributed by atoms with Crippen LogP contribution in [0.25, 0.3) is 10.9 Å². The lowest BCUT2D eigenvalue weighted by Gasteiger charge is -2.35. The standard InChI is InChI=1S/C24H31N3OS/c1-16-11-17(2)15-27(14-16)24(28)18(3)25-13-21(23-9-6-10-29-23)20-12-26-22-8-5-4-7-19(20)22/h4-10,12,16-18,21,25-26H,11,13-15H2,1-3H3/p+1/t16-,17-,18+,21+/m0/s1. The number of rotatable bonds is 6. The lowest BCUT2D eigenvalue weighted by Crippen LogP contribution is -2.92. The van der Waals surface area contributed by atoms with Crippen LogP contribution in [0.2, 0.25) is 0 Å². The van der Waals surface area contributed by atoms with Crippen molar-refractivity contribution in [3.63, 3.8) is 0 Å². The van der Waals surface area contributed by atoms with Gasteiger partial charge in [0.25, 0.3) is 5.91 Å². The molecule has 1 saturated heterocycles. The Morgan fingerprint density at radius 1 is 1.21 bits per heavy atom. The van der Waals surface area contributed by atoms with Crippen LogP contribution in [-0.2, 0) is 4.79 Å². The van der Waals surface area contributed by atoms with Gasteiger partial charge < -0.3 is 15.2 Å². The molecule has 1 aromatic carbocycles. The highest BCUT2D eigenvalue weighted by atomic mass is 32.1. The quantitative estimate of drug-likeness (QED) is 0.638. The number of quaternary nitrogens is 1. The maximum atomic E-state index is 13.1. The molecular weight excluding hydrogens is 378 g/mol. The number of fused-ring (bicyclic) bond motifs is 1. The number of nitrogens with one attached hydrogen (secondary N) is 1. The predicted octanol–water partition coefficient (Wildman–Crippen LogP) is 3.82. The highest BCUT2D eigenvalue weighted by Gasteiger charge is 2.31. The molecule has 4 nitrogen and oxygen atoms in total. The summed E-state index contributed by atoms with van der Waals surface area (Å²) in [6, 6.07) is 12.8. The first kappa shape index (κ1) is 20.2. The van der Waals surface area contributed by atoms with Gasteiger partial charge in [-0.2, -0.15) is 0 Å². The smallest absolute Gasteiger partial charge is 0.280 e. The van der Waals surface area contributed by atoms with Crippen molar-refractivity contribution in [3.05, 3.63) is 58.4 Å². The van der Waals surface area contributed by atoms with E-state index < -0.39 is 0 Å². The maximum Gasteiger partial charge on any atom is 0.280 e. The molecular formula is C24H32N3OS+. The van der Waals surface area contributed by atoms with Crippen LogP contribution in [0.1, 0.15) is 43.6 Å². The van der Waals surface area contributed by atoms with Crippen molar-refractivity contribution >= 4 is 28.1 Å². The summed E-state index contributed by atoms with van der Waals surface area (Å²) in [5, 5.41) is 5.65. The number of likely N-dealkylation sites (tertiary alicyclic amines) is 1. The van der Waals surface area contributed by atoms with E-state index in [0.29, 0.717) is 11.8 Å².